The van der Waals surface area contributed by atoms with E-state index < -0.39 is 5.60 Å². The molecule has 0 spiro atoms. The monoisotopic (exact) mass is 259 g/mol. The SMILES string of the molecule is CC(C)(C)OC(=O)N1CCN(C(=O)CON)CC1. The van der Waals surface area contributed by atoms with E-state index in [1.807, 2.05) is 20.8 Å². The number of nitrogens with zero attached hydrogens (tertiary/aromatic N) is 2. The van der Waals surface area contributed by atoms with Crippen molar-refractivity contribution in [2.24, 2.45) is 5.90 Å². The van der Waals surface area contributed by atoms with Gasteiger partial charge in [0.2, 0.25) is 0 Å². The van der Waals surface area contributed by atoms with E-state index >= 15 is 0 Å². The first-order valence-electron chi connectivity index (χ1n) is 5.91. The van der Waals surface area contributed by atoms with Crippen molar-refractivity contribution in [1.29, 1.82) is 0 Å². The lowest BCUT2D eigenvalue weighted by Gasteiger charge is -2.35. The number of amides is 2. The smallest absolute Gasteiger partial charge is 0.410 e. The van der Waals surface area contributed by atoms with Gasteiger partial charge in [-0.1, -0.05) is 0 Å². The van der Waals surface area contributed by atoms with Crippen molar-refractivity contribution in [3.05, 3.63) is 0 Å². The molecule has 18 heavy (non-hydrogen) atoms. The van der Waals surface area contributed by atoms with Gasteiger partial charge in [0, 0.05) is 26.2 Å². The first-order chi connectivity index (χ1) is 8.33. The Morgan fingerprint density at radius 1 is 1.11 bits per heavy atom. The van der Waals surface area contributed by atoms with Gasteiger partial charge in [-0.3, -0.25) is 9.63 Å². The highest BCUT2D eigenvalue weighted by atomic mass is 16.6. The lowest BCUT2D eigenvalue weighted by molar-refractivity contribution is -0.138. The third-order valence-corrected chi connectivity index (χ3v) is 2.49. The van der Waals surface area contributed by atoms with Crippen LogP contribution in [0, 0.1) is 0 Å². The zero-order valence-electron chi connectivity index (χ0n) is 11.1. The van der Waals surface area contributed by atoms with Gasteiger partial charge in [-0.2, -0.15) is 0 Å². The highest BCUT2D eigenvalue weighted by Crippen LogP contribution is 2.11. The molecule has 0 aliphatic carbocycles. The van der Waals surface area contributed by atoms with Crippen molar-refractivity contribution in [2.75, 3.05) is 32.8 Å². The zero-order valence-corrected chi connectivity index (χ0v) is 11.1. The first-order valence-corrected chi connectivity index (χ1v) is 5.91. The molecule has 2 amide bonds. The van der Waals surface area contributed by atoms with Crippen LogP contribution in [0.4, 0.5) is 4.79 Å². The molecule has 1 fully saturated rings. The topological polar surface area (TPSA) is 85.1 Å². The van der Waals surface area contributed by atoms with Crippen molar-refractivity contribution >= 4 is 12.0 Å². The molecule has 7 heteroatoms. The fraction of sp³-hybridized carbons (Fsp3) is 0.818. The van der Waals surface area contributed by atoms with Crippen LogP contribution >= 0.6 is 0 Å². The highest BCUT2D eigenvalue weighted by Gasteiger charge is 2.27. The van der Waals surface area contributed by atoms with Gasteiger partial charge in [0.15, 0.2) is 0 Å². The second-order valence-corrected chi connectivity index (χ2v) is 5.16. The molecule has 7 nitrogen and oxygen atoms in total. The summed E-state index contributed by atoms with van der Waals surface area (Å²) in [5, 5.41) is 0. The lowest BCUT2D eigenvalue weighted by atomic mass is 10.2. The molecule has 1 saturated heterocycles. The van der Waals surface area contributed by atoms with Crippen LogP contribution in [0.2, 0.25) is 0 Å². The quantitative estimate of drug-likeness (QED) is 0.703. The summed E-state index contributed by atoms with van der Waals surface area (Å²) in [4.78, 5) is 30.8. The molecule has 0 unspecified atom stereocenters. The Bertz CT molecular complexity index is 306. The van der Waals surface area contributed by atoms with Crippen LogP contribution in [0.3, 0.4) is 0 Å². The lowest BCUT2D eigenvalue weighted by Crippen LogP contribution is -2.52. The summed E-state index contributed by atoms with van der Waals surface area (Å²) >= 11 is 0. The molecule has 0 atom stereocenters. The molecule has 0 aromatic carbocycles. The van der Waals surface area contributed by atoms with E-state index in [9.17, 15) is 9.59 Å². The van der Waals surface area contributed by atoms with Gasteiger partial charge in [0.05, 0.1) is 0 Å². The van der Waals surface area contributed by atoms with Crippen LogP contribution in [0.1, 0.15) is 20.8 Å². The molecule has 0 saturated carbocycles. The van der Waals surface area contributed by atoms with E-state index in [0.717, 1.165) is 0 Å². The molecule has 0 aromatic heterocycles. The summed E-state index contributed by atoms with van der Waals surface area (Å²) in [6, 6.07) is 0. The number of carbonyl (C=O) groups excluding carboxylic acids is 2. The Labute approximate surface area is 107 Å². The standard InChI is InChI=1S/C11H21N3O4/c1-11(2,3)18-10(16)14-6-4-13(5-7-14)9(15)8-17-12/h4-8,12H2,1-3H3. The summed E-state index contributed by atoms with van der Waals surface area (Å²) in [6.07, 6.45) is -0.343. The Kier molecular flexibility index (Phi) is 4.92. The van der Waals surface area contributed by atoms with Crippen LogP contribution < -0.4 is 5.90 Å². The highest BCUT2D eigenvalue weighted by molar-refractivity contribution is 5.78. The second kappa shape index (κ2) is 6.01. The second-order valence-electron chi connectivity index (χ2n) is 5.16. The van der Waals surface area contributed by atoms with E-state index in [1.54, 1.807) is 9.80 Å². The van der Waals surface area contributed by atoms with Gasteiger partial charge in [-0.25, -0.2) is 10.7 Å². The van der Waals surface area contributed by atoms with E-state index in [-0.39, 0.29) is 18.6 Å². The van der Waals surface area contributed by atoms with Crippen LogP contribution in [-0.2, 0) is 14.4 Å². The fourth-order valence-electron chi connectivity index (χ4n) is 1.63. The third-order valence-electron chi connectivity index (χ3n) is 2.49. The fourth-order valence-corrected chi connectivity index (χ4v) is 1.63. The van der Waals surface area contributed by atoms with Gasteiger partial charge in [-0.05, 0) is 20.8 Å². The zero-order chi connectivity index (χ0) is 13.8. The van der Waals surface area contributed by atoms with Crippen LogP contribution in [0.5, 0.6) is 0 Å². The molecule has 0 radical (unpaired) electrons. The van der Waals surface area contributed by atoms with Crippen molar-refractivity contribution < 1.29 is 19.2 Å². The normalized spacial score (nSPS) is 16.7. The summed E-state index contributed by atoms with van der Waals surface area (Å²) in [7, 11) is 0. The first kappa shape index (κ1) is 14.7. The van der Waals surface area contributed by atoms with Gasteiger partial charge in [0.25, 0.3) is 5.91 Å². The predicted molar refractivity (Wildman–Crippen MR) is 64.5 cm³/mol. The van der Waals surface area contributed by atoms with Crippen LogP contribution in [0.15, 0.2) is 0 Å². The number of hydrogen-bond donors (Lipinski definition) is 1. The van der Waals surface area contributed by atoms with Crippen molar-refractivity contribution in [2.45, 2.75) is 26.4 Å². The molecular formula is C11H21N3O4. The Morgan fingerprint density at radius 3 is 2.06 bits per heavy atom. The predicted octanol–water partition coefficient (Wildman–Crippen LogP) is -0.0440. The van der Waals surface area contributed by atoms with E-state index in [4.69, 9.17) is 10.6 Å². The Morgan fingerprint density at radius 2 is 1.61 bits per heavy atom. The van der Waals surface area contributed by atoms with Crippen LogP contribution in [-0.4, -0.2) is 60.2 Å². The maximum Gasteiger partial charge on any atom is 0.410 e. The largest absolute Gasteiger partial charge is 0.444 e. The average molecular weight is 259 g/mol. The van der Waals surface area contributed by atoms with Crippen molar-refractivity contribution in [1.82, 2.24) is 9.80 Å². The molecular weight excluding hydrogens is 238 g/mol. The molecule has 1 heterocycles. The molecule has 0 bridgehead atoms. The molecule has 104 valence electrons. The minimum absolute atomic E-state index is 0.133. The van der Waals surface area contributed by atoms with Gasteiger partial charge < -0.3 is 14.5 Å². The number of ether oxygens (including phenoxy) is 1. The number of carbonyl (C=O) groups is 2. The minimum Gasteiger partial charge on any atom is -0.444 e. The van der Waals surface area contributed by atoms with E-state index in [0.29, 0.717) is 26.2 Å². The van der Waals surface area contributed by atoms with E-state index in [1.165, 1.54) is 0 Å². The average Bonchev–Trinajstić information content (AvgIpc) is 2.27. The number of nitrogens with two attached hydrogens (primary N) is 1. The van der Waals surface area contributed by atoms with Crippen LogP contribution in [0.25, 0.3) is 0 Å². The van der Waals surface area contributed by atoms with Gasteiger partial charge in [-0.15, -0.1) is 0 Å². The number of hydrogen-bond acceptors (Lipinski definition) is 5. The summed E-state index contributed by atoms with van der Waals surface area (Å²) < 4.78 is 5.26. The minimum atomic E-state index is -0.503. The Hall–Kier alpha value is -1.34. The number of piperazine rings is 1. The Balaban J connectivity index is 2.39. The summed E-state index contributed by atoms with van der Waals surface area (Å²) in [5.41, 5.74) is -0.503. The summed E-state index contributed by atoms with van der Waals surface area (Å²) in [6.45, 7) is 7.21. The van der Waals surface area contributed by atoms with E-state index in [2.05, 4.69) is 4.84 Å². The van der Waals surface area contributed by atoms with Gasteiger partial charge in [0.1, 0.15) is 12.2 Å². The molecule has 0 aromatic rings. The van der Waals surface area contributed by atoms with Gasteiger partial charge >= 0.3 is 6.09 Å². The maximum absolute atomic E-state index is 11.8. The van der Waals surface area contributed by atoms with Crippen molar-refractivity contribution in [3.63, 3.8) is 0 Å². The third kappa shape index (κ3) is 4.50. The molecule has 1 aliphatic heterocycles. The van der Waals surface area contributed by atoms with Crippen molar-refractivity contribution in [3.8, 4) is 0 Å². The summed E-state index contributed by atoms with van der Waals surface area (Å²) in [5.74, 6) is 4.68. The number of rotatable bonds is 2. The molecule has 2 N–H and O–H groups in total. The maximum atomic E-state index is 11.8. The molecule has 1 rings (SSSR count). The molecule has 1 aliphatic rings.